The molecule has 1 rings (SSSR count). The van der Waals surface area contributed by atoms with Crippen LogP contribution in [0.1, 0.15) is 18.9 Å². The van der Waals surface area contributed by atoms with Crippen LogP contribution in [0.3, 0.4) is 0 Å². The molecule has 4 heteroatoms. The summed E-state index contributed by atoms with van der Waals surface area (Å²) < 4.78 is 0. The van der Waals surface area contributed by atoms with Gasteiger partial charge in [-0.1, -0.05) is 13.3 Å². The molecule has 0 saturated carbocycles. The third kappa shape index (κ3) is 1.58. The maximum atomic E-state index is 10.9. The van der Waals surface area contributed by atoms with Crippen LogP contribution in [0.4, 0.5) is 5.69 Å². The molecule has 0 aromatic carbocycles. The molecule has 0 atom stereocenters. The third-order valence-corrected chi connectivity index (χ3v) is 1.50. The Labute approximate surface area is 64.4 Å². The molecule has 0 aliphatic carbocycles. The number of anilines is 1. The Balaban J connectivity index is 3.06. The van der Waals surface area contributed by atoms with Gasteiger partial charge in [-0.15, -0.1) is 0 Å². The van der Waals surface area contributed by atoms with Crippen LogP contribution < -0.4 is 11.3 Å². The Morgan fingerprint density at radius 2 is 2.45 bits per heavy atom. The van der Waals surface area contributed by atoms with Gasteiger partial charge in [-0.3, -0.25) is 4.79 Å². The van der Waals surface area contributed by atoms with Gasteiger partial charge in [0.05, 0.1) is 6.20 Å². The van der Waals surface area contributed by atoms with Crippen molar-refractivity contribution in [1.82, 2.24) is 10.2 Å². The van der Waals surface area contributed by atoms with E-state index in [-0.39, 0.29) is 5.56 Å². The molecule has 3 N–H and O–H groups in total. The summed E-state index contributed by atoms with van der Waals surface area (Å²) in [6.45, 7) is 2.03. The van der Waals surface area contributed by atoms with Crippen molar-refractivity contribution in [2.75, 3.05) is 5.73 Å². The Morgan fingerprint density at radius 3 is 3.09 bits per heavy atom. The summed E-state index contributed by atoms with van der Waals surface area (Å²) in [6.07, 6.45) is 3.37. The summed E-state index contributed by atoms with van der Waals surface area (Å²) in [7, 11) is 0. The quantitative estimate of drug-likeness (QED) is 0.642. The fraction of sp³-hybridized carbons (Fsp3) is 0.429. The van der Waals surface area contributed by atoms with E-state index in [0.29, 0.717) is 5.69 Å². The van der Waals surface area contributed by atoms with Crippen molar-refractivity contribution in [1.29, 1.82) is 0 Å². The number of aromatic nitrogens is 2. The van der Waals surface area contributed by atoms with Gasteiger partial charge in [0.2, 0.25) is 0 Å². The lowest BCUT2D eigenvalue weighted by molar-refractivity contribution is 0.885. The molecule has 0 bridgehead atoms. The molecule has 0 aliphatic heterocycles. The van der Waals surface area contributed by atoms with Gasteiger partial charge in [0, 0.05) is 5.56 Å². The van der Waals surface area contributed by atoms with Crippen molar-refractivity contribution in [3.8, 4) is 0 Å². The first-order chi connectivity index (χ1) is 5.25. The van der Waals surface area contributed by atoms with E-state index < -0.39 is 0 Å². The average molecular weight is 153 g/mol. The van der Waals surface area contributed by atoms with Crippen LogP contribution >= 0.6 is 0 Å². The fourth-order valence-electron chi connectivity index (χ4n) is 0.913. The normalized spacial score (nSPS) is 9.91. The van der Waals surface area contributed by atoms with Crippen LogP contribution in [-0.4, -0.2) is 10.2 Å². The highest BCUT2D eigenvalue weighted by Crippen LogP contribution is 2.04. The molecule has 11 heavy (non-hydrogen) atoms. The molecule has 0 aliphatic rings. The number of nitrogens with two attached hydrogens (primary N) is 1. The number of nitrogens with one attached hydrogen (secondary N) is 1. The zero-order valence-electron chi connectivity index (χ0n) is 6.42. The van der Waals surface area contributed by atoms with Gasteiger partial charge in [0.1, 0.15) is 5.69 Å². The zero-order valence-corrected chi connectivity index (χ0v) is 6.42. The first-order valence-electron chi connectivity index (χ1n) is 3.57. The van der Waals surface area contributed by atoms with Gasteiger partial charge in [0.15, 0.2) is 0 Å². The highest BCUT2D eigenvalue weighted by molar-refractivity contribution is 5.42. The van der Waals surface area contributed by atoms with Crippen LogP contribution in [-0.2, 0) is 6.42 Å². The topological polar surface area (TPSA) is 71.8 Å². The van der Waals surface area contributed by atoms with Crippen LogP contribution in [0.15, 0.2) is 11.0 Å². The van der Waals surface area contributed by atoms with Crippen LogP contribution in [0.25, 0.3) is 0 Å². The summed E-state index contributed by atoms with van der Waals surface area (Å²) in [5, 5.41) is 5.91. The van der Waals surface area contributed by atoms with E-state index in [9.17, 15) is 4.79 Å². The first kappa shape index (κ1) is 7.78. The number of hydrogen-bond acceptors (Lipinski definition) is 3. The number of aryl methyl sites for hydroxylation is 1. The molecule has 1 aromatic heterocycles. The monoisotopic (exact) mass is 153 g/mol. The predicted molar refractivity (Wildman–Crippen MR) is 43.3 cm³/mol. The van der Waals surface area contributed by atoms with Crippen molar-refractivity contribution in [3.05, 3.63) is 22.1 Å². The van der Waals surface area contributed by atoms with Crippen molar-refractivity contribution < 1.29 is 0 Å². The van der Waals surface area contributed by atoms with E-state index >= 15 is 0 Å². The van der Waals surface area contributed by atoms with Gasteiger partial charge in [0.25, 0.3) is 5.56 Å². The number of H-pyrrole nitrogens is 1. The van der Waals surface area contributed by atoms with Crippen LogP contribution in [0.5, 0.6) is 0 Å². The van der Waals surface area contributed by atoms with E-state index in [1.807, 2.05) is 6.92 Å². The Kier molecular flexibility index (Phi) is 2.25. The molecular weight excluding hydrogens is 142 g/mol. The highest BCUT2D eigenvalue weighted by Gasteiger charge is 2.00. The lowest BCUT2D eigenvalue weighted by atomic mass is 10.1. The van der Waals surface area contributed by atoms with E-state index in [0.717, 1.165) is 18.4 Å². The molecule has 0 radical (unpaired) electrons. The Hall–Kier alpha value is -1.32. The second kappa shape index (κ2) is 3.18. The van der Waals surface area contributed by atoms with Gasteiger partial charge < -0.3 is 5.73 Å². The fourth-order valence-corrected chi connectivity index (χ4v) is 0.913. The van der Waals surface area contributed by atoms with E-state index in [4.69, 9.17) is 5.73 Å². The van der Waals surface area contributed by atoms with E-state index in [1.54, 1.807) is 6.20 Å². The molecule has 0 fully saturated rings. The second-order valence-corrected chi connectivity index (χ2v) is 2.39. The van der Waals surface area contributed by atoms with Gasteiger partial charge in [-0.2, -0.15) is 5.10 Å². The van der Waals surface area contributed by atoms with Crippen LogP contribution in [0.2, 0.25) is 0 Å². The molecule has 60 valence electrons. The Morgan fingerprint density at radius 1 is 1.73 bits per heavy atom. The minimum atomic E-state index is -0.295. The van der Waals surface area contributed by atoms with Crippen molar-refractivity contribution >= 4 is 5.69 Å². The summed E-state index contributed by atoms with van der Waals surface area (Å²) in [4.78, 5) is 10.9. The number of nitrogen functional groups attached to an aromatic ring is 1. The molecule has 1 aromatic rings. The molecule has 1 heterocycles. The largest absolute Gasteiger partial charge is 0.394 e. The molecular formula is C7H11N3O. The Bertz CT molecular complexity index is 292. The van der Waals surface area contributed by atoms with Crippen molar-refractivity contribution in [2.24, 2.45) is 0 Å². The molecule has 4 nitrogen and oxygen atoms in total. The molecule has 0 amide bonds. The average Bonchev–Trinajstić information content (AvgIpc) is 1.99. The summed E-state index contributed by atoms with van der Waals surface area (Å²) in [6, 6.07) is 0. The highest BCUT2D eigenvalue weighted by atomic mass is 16.1. The number of aromatic amines is 1. The van der Waals surface area contributed by atoms with Gasteiger partial charge in [-0.05, 0) is 6.42 Å². The van der Waals surface area contributed by atoms with Crippen molar-refractivity contribution in [2.45, 2.75) is 19.8 Å². The minimum Gasteiger partial charge on any atom is -0.394 e. The summed E-state index contributed by atoms with van der Waals surface area (Å²) >= 11 is 0. The standard InChI is InChI=1S/C7H11N3O/c1-2-3-5-4-9-10-7(11)6(5)8/h4H,2-3H2,1H3,(H2,8,9)(H,10,11). The number of rotatable bonds is 2. The van der Waals surface area contributed by atoms with Gasteiger partial charge >= 0.3 is 0 Å². The summed E-state index contributed by atoms with van der Waals surface area (Å²) in [5.41, 5.74) is 6.31. The third-order valence-electron chi connectivity index (χ3n) is 1.50. The second-order valence-electron chi connectivity index (χ2n) is 2.39. The SMILES string of the molecule is CCCc1cn[nH]c(=O)c1N. The minimum absolute atomic E-state index is 0.293. The smallest absolute Gasteiger partial charge is 0.287 e. The van der Waals surface area contributed by atoms with E-state index in [2.05, 4.69) is 10.2 Å². The lowest BCUT2D eigenvalue weighted by Crippen LogP contribution is -2.15. The maximum Gasteiger partial charge on any atom is 0.287 e. The summed E-state index contributed by atoms with van der Waals surface area (Å²) in [5.74, 6) is 0. The lowest BCUT2D eigenvalue weighted by Gasteiger charge is -1.99. The molecule has 0 unspecified atom stereocenters. The predicted octanol–water partition coefficient (Wildman–Crippen LogP) is 0.305. The molecule has 0 spiro atoms. The van der Waals surface area contributed by atoms with Crippen molar-refractivity contribution in [3.63, 3.8) is 0 Å². The zero-order chi connectivity index (χ0) is 8.27. The molecule has 0 saturated heterocycles. The van der Waals surface area contributed by atoms with Crippen LogP contribution in [0, 0.1) is 0 Å². The number of hydrogen-bond donors (Lipinski definition) is 2. The number of nitrogens with zero attached hydrogens (tertiary/aromatic N) is 1. The van der Waals surface area contributed by atoms with E-state index in [1.165, 1.54) is 0 Å². The maximum absolute atomic E-state index is 10.9. The van der Waals surface area contributed by atoms with Gasteiger partial charge in [-0.25, -0.2) is 5.10 Å². The first-order valence-corrected chi connectivity index (χ1v) is 3.57.